The predicted octanol–water partition coefficient (Wildman–Crippen LogP) is 7.38. The maximum atomic E-state index is 13.0. The Morgan fingerprint density at radius 2 is 1.73 bits per heavy atom. The second kappa shape index (κ2) is 14.1. The number of aromatic nitrogens is 3. The first-order chi connectivity index (χ1) is 22.7. The van der Waals surface area contributed by atoms with Crippen molar-refractivity contribution >= 4 is 34.6 Å². The Hall–Kier alpha value is -4.85. The number of carbonyl (C=O) groups excluding carboxylic acids is 2. The monoisotopic (exact) mass is 680 g/mol. The molecule has 1 aliphatic heterocycles. The number of benzene rings is 3. The second-order valence-electron chi connectivity index (χ2n) is 12.2. The highest BCUT2D eigenvalue weighted by Crippen LogP contribution is 2.36. The van der Waals surface area contributed by atoms with Crippen molar-refractivity contribution in [3.8, 4) is 28.6 Å². The number of halogens is 3. The van der Waals surface area contributed by atoms with Gasteiger partial charge in [0.05, 0.1) is 24.2 Å². The first kappa shape index (κ1) is 34.5. The number of thioether (sulfide) groups is 1. The molecule has 2 heterocycles. The van der Waals surface area contributed by atoms with E-state index in [0.29, 0.717) is 41.1 Å². The molecule has 5 rings (SSSR count). The third kappa shape index (κ3) is 8.54. The van der Waals surface area contributed by atoms with E-state index in [-0.39, 0.29) is 28.7 Å². The summed E-state index contributed by atoms with van der Waals surface area (Å²) in [6.45, 7) is 8.49. The van der Waals surface area contributed by atoms with Gasteiger partial charge in [0.1, 0.15) is 17.8 Å². The predicted molar refractivity (Wildman–Crippen MR) is 179 cm³/mol. The lowest BCUT2D eigenvalue weighted by Gasteiger charge is -2.25. The van der Waals surface area contributed by atoms with E-state index in [1.807, 2.05) is 64.1 Å². The minimum Gasteiger partial charge on any atom is -0.497 e. The number of methoxy groups -OCH3 is 1. The normalized spacial score (nSPS) is 14.6. The molecule has 1 N–H and O–H groups in total. The van der Waals surface area contributed by atoms with Gasteiger partial charge in [-0.1, -0.05) is 69.8 Å². The first-order valence-corrected chi connectivity index (χ1v) is 16.1. The number of amides is 3. The van der Waals surface area contributed by atoms with Crippen LogP contribution in [0.5, 0.6) is 11.5 Å². The topological polar surface area (TPSA) is 111 Å². The molecule has 3 amide bonds. The van der Waals surface area contributed by atoms with Gasteiger partial charge in [0.2, 0.25) is 5.91 Å². The summed E-state index contributed by atoms with van der Waals surface area (Å²) < 4.78 is 48.1. The Labute approximate surface area is 280 Å². The van der Waals surface area contributed by atoms with E-state index in [0.717, 1.165) is 16.7 Å². The van der Waals surface area contributed by atoms with E-state index in [4.69, 9.17) is 4.74 Å². The standard InChI is InChI=1S/C34H35F3N6O4S/c1-21(2)27-15-14-26(46-5)16-28(27)43-29(44)18-48-32(43)40-31(45)38-19-33(3,4)17-22-6-8-23(9-7-22)30-39-20-42(41-30)24-10-12-25(13-11-24)47-34(35,36)37/h6-16,20-21H,17-19H2,1-5H3,(H,38,45)/b40-32-. The number of nitrogens with one attached hydrogen (secondary N) is 1. The molecule has 14 heteroatoms. The number of rotatable bonds is 10. The highest BCUT2D eigenvalue weighted by atomic mass is 32.2. The number of ether oxygens (including phenoxy) is 2. The van der Waals surface area contributed by atoms with Gasteiger partial charge in [-0.15, -0.1) is 18.3 Å². The quantitative estimate of drug-likeness (QED) is 0.186. The molecule has 0 bridgehead atoms. The van der Waals surface area contributed by atoms with Gasteiger partial charge < -0.3 is 14.8 Å². The minimum absolute atomic E-state index is 0.138. The van der Waals surface area contributed by atoms with Gasteiger partial charge in [-0.25, -0.2) is 14.5 Å². The van der Waals surface area contributed by atoms with Gasteiger partial charge in [-0.05, 0) is 59.2 Å². The van der Waals surface area contributed by atoms with Crippen molar-refractivity contribution in [2.75, 3.05) is 24.3 Å². The van der Waals surface area contributed by atoms with Crippen LogP contribution in [0.4, 0.5) is 23.7 Å². The maximum Gasteiger partial charge on any atom is 0.573 e. The van der Waals surface area contributed by atoms with Gasteiger partial charge >= 0.3 is 12.4 Å². The Kier molecular flexibility index (Phi) is 10.1. The third-order valence-electron chi connectivity index (χ3n) is 7.50. The summed E-state index contributed by atoms with van der Waals surface area (Å²) in [6.07, 6.45) is -2.63. The average molecular weight is 681 g/mol. The van der Waals surface area contributed by atoms with Crippen LogP contribution in [0.2, 0.25) is 0 Å². The smallest absolute Gasteiger partial charge is 0.497 e. The Bertz CT molecular complexity index is 1800. The van der Waals surface area contributed by atoms with Crippen molar-refractivity contribution in [2.24, 2.45) is 10.4 Å². The molecule has 4 aromatic rings. The summed E-state index contributed by atoms with van der Waals surface area (Å²) in [7, 11) is 1.56. The zero-order valence-electron chi connectivity index (χ0n) is 27.0. The van der Waals surface area contributed by atoms with Crippen LogP contribution in [-0.2, 0) is 11.2 Å². The Morgan fingerprint density at radius 3 is 2.38 bits per heavy atom. The van der Waals surface area contributed by atoms with Gasteiger partial charge in [-0.2, -0.15) is 4.99 Å². The van der Waals surface area contributed by atoms with Crippen LogP contribution in [0.25, 0.3) is 17.1 Å². The summed E-state index contributed by atoms with van der Waals surface area (Å²) in [5.74, 6) is 0.912. The number of urea groups is 1. The fraction of sp³-hybridized carbons (Fsp3) is 0.324. The summed E-state index contributed by atoms with van der Waals surface area (Å²) in [4.78, 5) is 36.0. The van der Waals surface area contributed by atoms with Gasteiger partial charge in [0.15, 0.2) is 11.0 Å². The zero-order valence-corrected chi connectivity index (χ0v) is 27.9. The highest BCUT2D eigenvalue weighted by molar-refractivity contribution is 8.15. The number of carbonyl (C=O) groups is 2. The molecule has 0 unspecified atom stereocenters. The number of anilines is 1. The molecular formula is C34H35F3N6O4S. The van der Waals surface area contributed by atoms with Crippen LogP contribution in [0.1, 0.15) is 44.7 Å². The van der Waals surface area contributed by atoms with Crippen molar-refractivity contribution < 1.29 is 32.2 Å². The molecule has 1 fully saturated rings. The fourth-order valence-corrected chi connectivity index (χ4v) is 6.02. The van der Waals surface area contributed by atoms with Crippen molar-refractivity contribution in [3.05, 3.63) is 84.2 Å². The van der Waals surface area contributed by atoms with Gasteiger partial charge in [-0.3, -0.25) is 9.69 Å². The Balaban J connectivity index is 1.20. The molecule has 0 aliphatic carbocycles. The summed E-state index contributed by atoms with van der Waals surface area (Å²) in [5, 5.41) is 7.67. The van der Waals surface area contributed by atoms with Crippen molar-refractivity contribution in [2.45, 2.75) is 46.4 Å². The molecule has 1 saturated heterocycles. The molecule has 0 saturated carbocycles. The number of hydrogen-bond acceptors (Lipinski definition) is 7. The van der Waals surface area contributed by atoms with Gasteiger partial charge in [0.25, 0.3) is 0 Å². The Morgan fingerprint density at radius 1 is 1.04 bits per heavy atom. The number of amidine groups is 1. The van der Waals surface area contributed by atoms with Gasteiger partial charge in [0, 0.05) is 18.2 Å². The zero-order chi connectivity index (χ0) is 34.6. The summed E-state index contributed by atoms with van der Waals surface area (Å²) >= 11 is 1.22. The number of alkyl halides is 3. The molecule has 48 heavy (non-hydrogen) atoms. The SMILES string of the molecule is COc1ccc(C(C)C)c(N2C(=O)CS/C2=N\C(=O)NCC(C)(C)Cc2ccc(-c3ncn(-c4ccc(OC(F)(F)F)cc4)n3)cc2)c1. The van der Waals surface area contributed by atoms with Crippen molar-refractivity contribution in [3.63, 3.8) is 0 Å². The molecule has 0 atom stereocenters. The minimum atomic E-state index is -4.76. The van der Waals surface area contributed by atoms with Crippen LogP contribution >= 0.6 is 11.8 Å². The summed E-state index contributed by atoms with van der Waals surface area (Å²) in [5.41, 5.74) is 3.61. The fourth-order valence-electron chi connectivity index (χ4n) is 5.16. The van der Waals surface area contributed by atoms with Crippen molar-refractivity contribution in [1.82, 2.24) is 20.1 Å². The molecule has 252 valence electrons. The van der Waals surface area contributed by atoms with Crippen LogP contribution in [-0.4, -0.2) is 57.6 Å². The lowest BCUT2D eigenvalue weighted by atomic mass is 9.85. The molecule has 1 aliphatic rings. The highest BCUT2D eigenvalue weighted by Gasteiger charge is 2.33. The van der Waals surface area contributed by atoms with E-state index < -0.39 is 12.4 Å². The van der Waals surface area contributed by atoms with E-state index in [9.17, 15) is 22.8 Å². The molecule has 1 aromatic heterocycles. The molecule has 0 radical (unpaired) electrons. The average Bonchev–Trinajstić information content (AvgIpc) is 3.66. The van der Waals surface area contributed by atoms with Crippen LogP contribution < -0.4 is 19.7 Å². The molecular weight excluding hydrogens is 645 g/mol. The van der Waals surface area contributed by atoms with E-state index >= 15 is 0 Å². The van der Waals surface area contributed by atoms with Crippen molar-refractivity contribution in [1.29, 1.82) is 0 Å². The molecule has 3 aromatic carbocycles. The van der Waals surface area contributed by atoms with Crippen LogP contribution in [0, 0.1) is 5.41 Å². The summed E-state index contributed by atoms with van der Waals surface area (Å²) in [6, 6.07) is 18.1. The largest absolute Gasteiger partial charge is 0.573 e. The first-order valence-electron chi connectivity index (χ1n) is 15.1. The van der Waals surface area contributed by atoms with E-state index in [1.54, 1.807) is 13.2 Å². The van der Waals surface area contributed by atoms with Crippen LogP contribution in [0.15, 0.2) is 78.0 Å². The number of aliphatic imine (C=N–C) groups is 1. The molecule has 10 nitrogen and oxygen atoms in total. The molecule has 0 spiro atoms. The maximum absolute atomic E-state index is 13.0. The van der Waals surface area contributed by atoms with E-state index in [1.165, 1.54) is 51.9 Å². The lowest BCUT2D eigenvalue weighted by molar-refractivity contribution is -0.274. The number of nitrogens with zero attached hydrogens (tertiary/aromatic N) is 5. The number of hydrogen-bond donors (Lipinski definition) is 1. The van der Waals surface area contributed by atoms with Crippen LogP contribution in [0.3, 0.4) is 0 Å². The lowest BCUT2D eigenvalue weighted by Crippen LogP contribution is -2.36. The van der Waals surface area contributed by atoms with E-state index in [2.05, 4.69) is 25.1 Å². The third-order valence-corrected chi connectivity index (χ3v) is 8.43. The second-order valence-corrected chi connectivity index (χ2v) is 13.2.